The fraction of sp³-hybridized carbons (Fsp3) is 0.0345. The molecule has 0 spiro atoms. The Bertz CT molecular complexity index is 1750. The fourth-order valence-corrected chi connectivity index (χ4v) is 5.82. The Morgan fingerprint density at radius 3 is 2.20 bits per heavy atom. The van der Waals surface area contributed by atoms with Crippen LogP contribution in [-0.2, 0) is 6.18 Å². The van der Waals surface area contributed by atoms with Gasteiger partial charge < -0.3 is 0 Å². The number of alkyl halides is 3. The van der Waals surface area contributed by atoms with Crippen LogP contribution in [0.15, 0.2) is 97.2 Å². The largest absolute Gasteiger partial charge is 0.418 e. The first-order valence-corrected chi connectivity index (χ1v) is 11.7. The minimum atomic E-state index is -4.56. The topological polar surface area (TPSA) is 30.0 Å². The molecule has 6 heteroatoms. The molecule has 6 rings (SSSR count). The Hall–Kier alpha value is -4.03. The summed E-state index contributed by atoms with van der Waals surface area (Å²) >= 11 is 1.53. The lowest BCUT2D eigenvalue weighted by Crippen LogP contribution is -2.09. The summed E-state index contributed by atoms with van der Waals surface area (Å²) in [6.45, 7) is 0. The highest BCUT2D eigenvalue weighted by molar-refractivity contribution is 7.26. The Balaban J connectivity index is 1.65. The summed E-state index contributed by atoms with van der Waals surface area (Å²) in [7, 11) is 0. The van der Waals surface area contributed by atoms with Crippen molar-refractivity contribution in [2.75, 3.05) is 0 Å². The number of aromatic nitrogens is 1. The van der Waals surface area contributed by atoms with Crippen molar-refractivity contribution in [3.05, 3.63) is 114 Å². The molecule has 0 bridgehead atoms. The second kappa shape index (κ2) is 8.03. The molecular weight excluding hydrogens is 467 g/mol. The number of para-hydroxylation sites is 1. The molecule has 0 amide bonds. The number of benzene rings is 4. The first-order valence-electron chi connectivity index (χ1n) is 10.9. The van der Waals surface area contributed by atoms with Crippen LogP contribution in [0.1, 0.15) is 21.5 Å². The van der Waals surface area contributed by atoms with E-state index in [0.717, 1.165) is 26.2 Å². The zero-order valence-corrected chi connectivity index (χ0v) is 19.0. The lowest BCUT2D eigenvalue weighted by Gasteiger charge is -2.16. The van der Waals surface area contributed by atoms with Crippen molar-refractivity contribution in [1.82, 2.24) is 4.98 Å². The first kappa shape index (κ1) is 21.5. The van der Waals surface area contributed by atoms with Gasteiger partial charge in [-0.05, 0) is 23.8 Å². The van der Waals surface area contributed by atoms with Crippen molar-refractivity contribution in [3.63, 3.8) is 0 Å². The monoisotopic (exact) mass is 483 g/mol. The van der Waals surface area contributed by atoms with Crippen LogP contribution in [0.4, 0.5) is 13.2 Å². The normalized spacial score (nSPS) is 12.0. The SMILES string of the molecule is O=C(c1cnc2c(C(F)(F)F)cccc2c1-c1ccccc1)c1cccc2c1sc1ccccc12. The van der Waals surface area contributed by atoms with Gasteiger partial charge in [0.05, 0.1) is 11.1 Å². The number of thiophene rings is 1. The predicted octanol–water partition coefficient (Wildman–Crippen LogP) is 8.52. The molecule has 2 aromatic heterocycles. The van der Waals surface area contributed by atoms with E-state index in [1.54, 1.807) is 36.4 Å². The first-order chi connectivity index (χ1) is 16.9. The number of halogens is 3. The van der Waals surface area contributed by atoms with Crippen molar-refractivity contribution in [1.29, 1.82) is 0 Å². The number of hydrogen-bond acceptors (Lipinski definition) is 3. The van der Waals surface area contributed by atoms with Gasteiger partial charge in [-0.25, -0.2) is 0 Å². The van der Waals surface area contributed by atoms with Crippen LogP contribution in [0.5, 0.6) is 0 Å². The van der Waals surface area contributed by atoms with Crippen molar-refractivity contribution in [2.24, 2.45) is 0 Å². The molecule has 0 saturated carbocycles. The van der Waals surface area contributed by atoms with Gasteiger partial charge >= 0.3 is 6.18 Å². The second-order valence-electron chi connectivity index (χ2n) is 8.22. The fourth-order valence-electron chi connectivity index (χ4n) is 4.61. The van der Waals surface area contributed by atoms with E-state index >= 15 is 0 Å². The Kier molecular flexibility index (Phi) is 4.93. The standard InChI is InChI=1S/C29H16F3NOS/c30-29(31,32)23-14-7-12-20-25(17-8-2-1-3-9-17)22(16-33-26(20)23)27(34)21-13-6-11-19-18-10-4-5-15-24(18)35-28(19)21/h1-16H. The number of nitrogens with zero attached hydrogens (tertiary/aromatic N) is 1. The summed E-state index contributed by atoms with van der Waals surface area (Å²) in [6, 6.07) is 26.5. The van der Waals surface area contributed by atoms with Crippen molar-refractivity contribution in [3.8, 4) is 11.1 Å². The Morgan fingerprint density at radius 2 is 1.40 bits per heavy atom. The van der Waals surface area contributed by atoms with Crippen LogP contribution in [0.2, 0.25) is 0 Å². The van der Waals surface area contributed by atoms with Gasteiger partial charge in [-0.1, -0.05) is 72.8 Å². The molecule has 0 aliphatic carbocycles. The summed E-state index contributed by atoms with van der Waals surface area (Å²) in [6.07, 6.45) is -3.27. The van der Waals surface area contributed by atoms with Gasteiger partial charge in [0.15, 0.2) is 5.78 Å². The van der Waals surface area contributed by atoms with E-state index in [1.165, 1.54) is 23.6 Å². The van der Waals surface area contributed by atoms with E-state index in [9.17, 15) is 18.0 Å². The molecule has 4 aromatic carbocycles. The van der Waals surface area contributed by atoms with Gasteiger partial charge in [-0.3, -0.25) is 9.78 Å². The molecule has 0 aliphatic rings. The lowest BCUT2D eigenvalue weighted by atomic mass is 9.91. The summed E-state index contributed by atoms with van der Waals surface area (Å²) < 4.78 is 43.2. The number of rotatable bonds is 3. The molecule has 0 saturated heterocycles. The van der Waals surface area contributed by atoms with Crippen molar-refractivity contribution < 1.29 is 18.0 Å². The average Bonchev–Trinajstić information content (AvgIpc) is 3.26. The highest BCUT2D eigenvalue weighted by atomic mass is 32.1. The molecule has 0 atom stereocenters. The van der Waals surface area contributed by atoms with Gasteiger partial charge in [0, 0.05) is 48.4 Å². The van der Waals surface area contributed by atoms with Crippen molar-refractivity contribution in [2.45, 2.75) is 6.18 Å². The van der Waals surface area contributed by atoms with Crippen LogP contribution in [-0.4, -0.2) is 10.8 Å². The van der Waals surface area contributed by atoms with E-state index in [2.05, 4.69) is 4.98 Å². The second-order valence-corrected chi connectivity index (χ2v) is 9.27. The molecule has 0 unspecified atom stereocenters. The molecule has 0 radical (unpaired) electrons. The van der Waals surface area contributed by atoms with Gasteiger partial charge in [0.2, 0.25) is 0 Å². The molecule has 35 heavy (non-hydrogen) atoms. The van der Waals surface area contributed by atoms with E-state index in [1.807, 2.05) is 42.5 Å². The number of pyridine rings is 1. The third kappa shape index (κ3) is 3.49. The lowest BCUT2D eigenvalue weighted by molar-refractivity contribution is -0.136. The van der Waals surface area contributed by atoms with E-state index in [0.29, 0.717) is 22.1 Å². The Morgan fingerprint density at radius 1 is 0.714 bits per heavy atom. The maximum absolute atomic E-state index is 14.0. The zero-order valence-electron chi connectivity index (χ0n) is 18.1. The van der Waals surface area contributed by atoms with Gasteiger partial charge in [0.25, 0.3) is 0 Å². The van der Waals surface area contributed by atoms with Gasteiger partial charge in [0.1, 0.15) is 0 Å². The number of fused-ring (bicyclic) bond motifs is 4. The average molecular weight is 484 g/mol. The minimum Gasteiger partial charge on any atom is -0.288 e. The number of ketones is 1. The van der Waals surface area contributed by atoms with Crippen LogP contribution in [0, 0.1) is 0 Å². The molecule has 2 heterocycles. The molecular formula is C29H16F3NOS. The highest BCUT2D eigenvalue weighted by Gasteiger charge is 2.34. The van der Waals surface area contributed by atoms with Crippen molar-refractivity contribution >= 4 is 48.2 Å². The third-order valence-corrected chi connectivity index (χ3v) is 7.38. The summed E-state index contributed by atoms with van der Waals surface area (Å²) in [5.41, 5.74) is 0.895. The van der Waals surface area contributed by atoms with Crippen LogP contribution in [0.3, 0.4) is 0 Å². The smallest absolute Gasteiger partial charge is 0.288 e. The summed E-state index contributed by atoms with van der Waals surface area (Å²) in [4.78, 5) is 18.2. The number of carbonyl (C=O) groups excluding carboxylic acids is 1. The maximum Gasteiger partial charge on any atom is 0.418 e. The molecule has 0 aliphatic heterocycles. The number of carbonyl (C=O) groups is 1. The highest BCUT2D eigenvalue weighted by Crippen LogP contribution is 2.41. The third-order valence-electron chi connectivity index (χ3n) is 6.16. The quantitative estimate of drug-likeness (QED) is 0.236. The Labute approximate surface area is 202 Å². The minimum absolute atomic E-state index is 0.171. The van der Waals surface area contributed by atoms with Crippen LogP contribution >= 0.6 is 11.3 Å². The van der Waals surface area contributed by atoms with Gasteiger partial charge in [-0.15, -0.1) is 11.3 Å². The molecule has 0 fully saturated rings. The number of hydrogen-bond donors (Lipinski definition) is 0. The van der Waals surface area contributed by atoms with E-state index < -0.39 is 11.7 Å². The maximum atomic E-state index is 14.0. The molecule has 2 nitrogen and oxygen atoms in total. The van der Waals surface area contributed by atoms with Gasteiger partial charge in [-0.2, -0.15) is 13.2 Å². The van der Waals surface area contributed by atoms with Crippen LogP contribution < -0.4 is 0 Å². The zero-order chi connectivity index (χ0) is 24.2. The summed E-state index contributed by atoms with van der Waals surface area (Å²) in [5.74, 6) is -0.271. The predicted molar refractivity (Wildman–Crippen MR) is 135 cm³/mol. The molecule has 6 aromatic rings. The summed E-state index contributed by atoms with van der Waals surface area (Å²) in [5, 5.41) is 2.34. The van der Waals surface area contributed by atoms with Crippen LogP contribution in [0.25, 0.3) is 42.2 Å². The van der Waals surface area contributed by atoms with E-state index in [4.69, 9.17) is 0 Å². The van der Waals surface area contributed by atoms with E-state index in [-0.39, 0.29) is 16.9 Å². The molecule has 0 N–H and O–H groups in total. The molecule has 170 valence electrons.